The van der Waals surface area contributed by atoms with Crippen molar-refractivity contribution in [2.24, 2.45) is 7.05 Å². The summed E-state index contributed by atoms with van der Waals surface area (Å²) in [7, 11) is 1.96. The van der Waals surface area contributed by atoms with Gasteiger partial charge in [-0.15, -0.1) is 31.7 Å². The summed E-state index contributed by atoms with van der Waals surface area (Å²) >= 11 is 3.17. The highest BCUT2D eigenvalue weighted by Crippen LogP contribution is 2.28. The van der Waals surface area contributed by atoms with Crippen LogP contribution in [0, 0.1) is 6.92 Å². The molecule has 8 heteroatoms. The van der Waals surface area contributed by atoms with Crippen molar-refractivity contribution in [3.05, 3.63) is 53.2 Å². The second-order valence-corrected chi connectivity index (χ2v) is 7.39. The lowest BCUT2D eigenvalue weighted by atomic mass is 10.1. The molecule has 0 unspecified atom stereocenters. The molecular formula is C17H15N5OS2. The molecule has 0 amide bonds. The first-order valence-electron chi connectivity index (χ1n) is 7.66. The van der Waals surface area contributed by atoms with Crippen molar-refractivity contribution >= 4 is 23.1 Å². The molecule has 0 saturated heterocycles. The highest BCUT2D eigenvalue weighted by molar-refractivity contribution is 7.98. The fourth-order valence-corrected chi connectivity index (χ4v) is 3.80. The van der Waals surface area contributed by atoms with Gasteiger partial charge in [-0.05, 0) is 30.5 Å². The van der Waals surface area contributed by atoms with E-state index in [0.29, 0.717) is 17.5 Å². The van der Waals surface area contributed by atoms with Crippen LogP contribution in [-0.2, 0) is 12.8 Å². The average molecular weight is 369 g/mol. The van der Waals surface area contributed by atoms with E-state index in [4.69, 9.17) is 4.42 Å². The van der Waals surface area contributed by atoms with Crippen LogP contribution >= 0.6 is 23.1 Å². The molecule has 0 aliphatic carbocycles. The summed E-state index contributed by atoms with van der Waals surface area (Å²) in [6.45, 7) is 2.05. The van der Waals surface area contributed by atoms with Crippen LogP contribution < -0.4 is 0 Å². The third-order valence-corrected chi connectivity index (χ3v) is 5.54. The summed E-state index contributed by atoms with van der Waals surface area (Å²) in [6.07, 6.45) is 0. The van der Waals surface area contributed by atoms with Gasteiger partial charge in [-0.1, -0.05) is 35.5 Å². The Hall–Kier alpha value is -2.45. The van der Waals surface area contributed by atoms with Gasteiger partial charge in [0.2, 0.25) is 11.8 Å². The molecule has 0 aliphatic rings. The number of hydrogen-bond donors (Lipinski definition) is 0. The minimum Gasteiger partial charge on any atom is -0.420 e. The van der Waals surface area contributed by atoms with Crippen molar-refractivity contribution in [3.8, 4) is 22.2 Å². The van der Waals surface area contributed by atoms with Crippen molar-refractivity contribution in [2.45, 2.75) is 17.8 Å². The molecule has 0 spiro atoms. The first-order valence-corrected chi connectivity index (χ1v) is 9.53. The van der Waals surface area contributed by atoms with Crippen LogP contribution in [0.1, 0.15) is 11.5 Å². The molecule has 0 aliphatic heterocycles. The Bertz CT molecular complexity index is 973. The molecule has 0 atom stereocenters. The highest BCUT2D eigenvalue weighted by Gasteiger charge is 2.14. The zero-order chi connectivity index (χ0) is 17.2. The molecule has 0 fully saturated rings. The van der Waals surface area contributed by atoms with Gasteiger partial charge in [0, 0.05) is 12.6 Å². The molecule has 126 valence electrons. The van der Waals surface area contributed by atoms with Crippen LogP contribution in [-0.4, -0.2) is 25.0 Å². The van der Waals surface area contributed by atoms with Gasteiger partial charge in [-0.3, -0.25) is 0 Å². The number of aromatic nitrogens is 5. The Labute approximate surface area is 152 Å². The van der Waals surface area contributed by atoms with Gasteiger partial charge < -0.3 is 8.98 Å². The second-order valence-electron chi connectivity index (χ2n) is 5.50. The van der Waals surface area contributed by atoms with Gasteiger partial charge in [-0.2, -0.15) is 0 Å². The molecule has 0 bridgehead atoms. The van der Waals surface area contributed by atoms with E-state index in [1.165, 1.54) is 17.3 Å². The molecule has 4 aromatic rings. The summed E-state index contributed by atoms with van der Waals surface area (Å²) in [5.74, 6) is 2.52. The van der Waals surface area contributed by atoms with E-state index in [0.717, 1.165) is 21.4 Å². The Morgan fingerprint density at radius 1 is 1.08 bits per heavy atom. The maximum absolute atomic E-state index is 5.75. The summed E-state index contributed by atoms with van der Waals surface area (Å²) in [4.78, 5) is 1.10. The topological polar surface area (TPSA) is 69.6 Å². The molecular weight excluding hydrogens is 354 g/mol. The van der Waals surface area contributed by atoms with Crippen LogP contribution in [0.15, 0.2) is 51.4 Å². The molecule has 0 N–H and O–H groups in total. The van der Waals surface area contributed by atoms with Gasteiger partial charge in [0.15, 0.2) is 11.0 Å². The van der Waals surface area contributed by atoms with Crippen molar-refractivity contribution in [1.82, 2.24) is 25.0 Å². The molecule has 0 radical (unpaired) electrons. The van der Waals surface area contributed by atoms with Crippen LogP contribution in [0.3, 0.4) is 0 Å². The fraction of sp³-hybridized carbons (Fsp3) is 0.176. The monoisotopic (exact) mass is 369 g/mol. The summed E-state index contributed by atoms with van der Waals surface area (Å²) in [6, 6.07) is 12.1. The number of nitrogens with zero attached hydrogens (tertiary/aromatic N) is 5. The molecule has 25 heavy (non-hydrogen) atoms. The molecule has 1 aromatic carbocycles. The van der Waals surface area contributed by atoms with Gasteiger partial charge in [-0.25, -0.2) is 0 Å². The predicted octanol–water partition coefficient (Wildman–Crippen LogP) is 4.19. The Morgan fingerprint density at radius 3 is 2.68 bits per heavy atom. The minimum absolute atomic E-state index is 0.535. The van der Waals surface area contributed by atoms with Crippen LogP contribution in [0.2, 0.25) is 0 Å². The molecule has 0 saturated carbocycles. The number of thioether (sulfide) groups is 1. The standard InChI is InChI=1S/C17H15N5OS2/c1-11-5-7-12(8-6-11)16-20-18-14(23-16)10-25-17-21-19-15(22(17)2)13-4-3-9-24-13/h3-9H,10H2,1-2H3. The summed E-state index contributed by atoms with van der Waals surface area (Å²) in [5.41, 5.74) is 2.12. The van der Waals surface area contributed by atoms with Gasteiger partial charge in [0.25, 0.3) is 0 Å². The third kappa shape index (κ3) is 3.35. The smallest absolute Gasteiger partial charge is 0.247 e. The van der Waals surface area contributed by atoms with Crippen molar-refractivity contribution < 1.29 is 4.42 Å². The first-order chi connectivity index (χ1) is 12.2. The SMILES string of the molecule is Cc1ccc(-c2nnc(CSc3nnc(-c4cccs4)n3C)o2)cc1. The van der Waals surface area contributed by atoms with E-state index in [2.05, 4.69) is 20.4 Å². The largest absolute Gasteiger partial charge is 0.420 e. The van der Waals surface area contributed by atoms with E-state index in [1.54, 1.807) is 11.3 Å². The van der Waals surface area contributed by atoms with E-state index in [1.807, 2.05) is 60.3 Å². The van der Waals surface area contributed by atoms with Crippen molar-refractivity contribution in [1.29, 1.82) is 0 Å². The molecule has 6 nitrogen and oxygen atoms in total. The van der Waals surface area contributed by atoms with Gasteiger partial charge >= 0.3 is 0 Å². The molecule has 3 heterocycles. The number of rotatable bonds is 5. The number of aryl methyl sites for hydroxylation is 1. The lowest BCUT2D eigenvalue weighted by Crippen LogP contribution is -1.94. The minimum atomic E-state index is 0.535. The van der Waals surface area contributed by atoms with Crippen LogP contribution in [0.25, 0.3) is 22.2 Å². The predicted molar refractivity (Wildman–Crippen MR) is 98.3 cm³/mol. The van der Waals surface area contributed by atoms with Gasteiger partial charge in [0.1, 0.15) is 0 Å². The molecule has 3 aromatic heterocycles. The Morgan fingerprint density at radius 2 is 1.92 bits per heavy atom. The van der Waals surface area contributed by atoms with Gasteiger partial charge in [0.05, 0.1) is 10.6 Å². The van der Waals surface area contributed by atoms with E-state index in [9.17, 15) is 0 Å². The Balaban J connectivity index is 1.46. The maximum atomic E-state index is 5.75. The normalized spacial score (nSPS) is 11.1. The van der Waals surface area contributed by atoms with Crippen LogP contribution in [0.4, 0.5) is 0 Å². The van der Waals surface area contributed by atoms with E-state index >= 15 is 0 Å². The summed E-state index contributed by atoms with van der Waals surface area (Å²) < 4.78 is 7.73. The fourth-order valence-electron chi connectivity index (χ4n) is 2.31. The molecule has 4 rings (SSSR count). The number of benzene rings is 1. The van der Waals surface area contributed by atoms with Crippen molar-refractivity contribution in [3.63, 3.8) is 0 Å². The maximum Gasteiger partial charge on any atom is 0.247 e. The zero-order valence-corrected chi connectivity index (χ0v) is 15.3. The zero-order valence-electron chi connectivity index (χ0n) is 13.7. The second kappa shape index (κ2) is 6.81. The number of hydrogen-bond acceptors (Lipinski definition) is 7. The lowest BCUT2D eigenvalue weighted by Gasteiger charge is -2.00. The third-order valence-electron chi connectivity index (χ3n) is 3.67. The first kappa shape index (κ1) is 16.0. The van der Waals surface area contributed by atoms with E-state index < -0.39 is 0 Å². The van der Waals surface area contributed by atoms with Crippen LogP contribution in [0.5, 0.6) is 0 Å². The van der Waals surface area contributed by atoms with Crippen molar-refractivity contribution in [2.75, 3.05) is 0 Å². The Kier molecular flexibility index (Phi) is 4.37. The lowest BCUT2D eigenvalue weighted by molar-refractivity contribution is 0.528. The highest BCUT2D eigenvalue weighted by atomic mass is 32.2. The quantitative estimate of drug-likeness (QED) is 0.491. The average Bonchev–Trinajstić information content (AvgIpc) is 3.34. The summed E-state index contributed by atoms with van der Waals surface area (Å²) in [5, 5.41) is 19.6. The van der Waals surface area contributed by atoms with E-state index in [-0.39, 0.29) is 0 Å². The number of thiophene rings is 1.